The summed E-state index contributed by atoms with van der Waals surface area (Å²) in [5, 5.41) is 11.2. The van der Waals surface area contributed by atoms with E-state index in [0.29, 0.717) is 6.54 Å². The molecule has 0 saturated heterocycles. The molecular formula is C8H17NO2S. The maximum atomic E-state index is 11.3. The van der Waals surface area contributed by atoms with Crippen molar-refractivity contribution in [2.24, 2.45) is 5.92 Å². The molecule has 12 heavy (non-hydrogen) atoms. The van der Waals surface area contributed by atoms with Gasteiger partial charge < -0.3 is 10.4 Å². The van der Waals surface area contributed by atoms with E-state index in [1.165, 1.54) is 0 Å². The predicted octanol–water partition coefficient (Wildman–Crippen LogP) is 0.439. The summed E-state index contributed by atoms with van der Waals surface area (Å²) in [7, 11) is 0. The van der Waals surface area contributed by atoms with Gasteiger partial charge in [0.05, 0.1) is 6.61 Å². The van der Waals surface area contributed by atoms with E-state index in [4.69, 9.17) is 5.11 Å². The molecule has 0 aliphatic heterocycles. The van der Waals surface area contributed by atoms with Gasteiger partial charge in [-0.2, -0.15) is 12.6 Å². The maximum Gasteiger partial charge on any atom is 0.224 e. The van der Waals surface area contributed by atoms with Crippen LogP contribution in [0.3, 0.4) is 0 Å². The predicted molar refractivity (Wildman–Crippen MR) is 52.3 cm³/mol. The lowest BCUT2D eigenvalue weighted by molar-refractivity contribution is -0.125. The van der Waals surface area contributed by atoms with Gasteiger partial charge in [0, 0.05) is 17.7 Å². The Morgan fingerprint density at radius 2 is 2.25 bits per heavy atom. The number of hydrogen-bond donors (Lipinski definition) is 3. The summed E-state index contributed by atoms with van der Waals surface area (Å²) in [5.41, 5.74) is 0. The van der Waals surface area contributed by atoms with E-state index in [1.807, 2.05) is 13.8 Å². The molecule has 0 radical (unpaired) electrons. The number of aliphatic hydroxyl groups is 1. The smallest absolute Gasteiger partial charge is 0.224 e. The maximum absolute atomic E-state index is 11.3. The highest BCUT2D eigenvalue weighted by atomic mass is 32.1. The first-order valence-corrected chi connectivity index (χ1v) is 4.71. The number of carbonyl (C=O) groups is 1. The first kappa shape index (κ1) is 11.8. The summed E-state index contributed by atoms with van der Waals surface area (Å²) in [6.07, 6.45) is 0.780. The molecule has 0 aliphatic rings. The van der Waals surface area contributed by atoms with Gasteiger partial charge in [0.15, 0.2) is 0 Å². The second-order valence-electron chi connectivity index (χ2n) is 2.77. The second-order valence-corrected chi connectivity index (χ2v) is 3.58. The molecule has 0 bridgehead atoms. The van der Waals surface area contributed by atoms with Gasteiger partial charge >= 0.3 is 0 Å². The van der Waals surface area contributed by atoms with E-state index in [1.54, 1.807) is 0 Å². The lowest BCUT2D eigenvalue weighted by atomic mass is 10.0. The molecule has 0 aromatic rings. The van der Waals surface area contributed by atoms with Crippen LogP contribution >= 0.6 is 12.6 Å². The van der Waals surface area contributed by atoms with Crippen LogP contribution in [0, 0.1) is 5.92 Å². The van der Waals surface area contributed by atoms with Crippen LogP contribution in [-0.4, -0.2) is 29.4 Å². The Kier molecular flexibility index (Phi) is 6.20. The molecule has 0 aromatic carbocycles. The van der Waals surface area contributed by atoms with Crippen LogP contribution in [0.2, 0.25) is 0 Å². The third-order valence-electron chi connectivity index (χ3n) is 1.77. The van der Waals surface area contributed by atoms with Crippen molar-refractivity contribution in [3.8, 4) is 0 Å². The minimum absolute atomic E-state index is 0.0108. The summed E-state index contributed by atoms with van der Waals surface area (Å²) in [6.45, 7) is 4.17. The van der Waals surface area contributed by atoms with Gasteiger partial charge in [-0.15, -0.1) is 0 Å². The Morgan fingerprint density at radius 1 is 1.67 bits per heavy atom. The molecule has 0 rings (SSSR count). The van der Waals surface area contributed by atoms with Crippen LogP contribution in [0.15, 0.2) is 0 Å². The Balaban J connectivity index is 3.86. The topological polar surface area (TPSA) is 49.3 Å². The molecule has 2 N–H and O–H groups in total. The zero-order valence-electron chi connectivity index (χ0n) is 7.58. The van der Waals surface area contributed by atoms with Crippen LogP contribution in [0.1, 0.15) is 20.3 Å². The van der Waals surface area contributed by atoms with Crippen molar-refractivity contribution in [2.45, 2.75) is 25.5 Å². The van der Waals surface area contributed by atoms with Gasteiger partial charge in [0.1, 0.15) is 0 Å². The third kappa shape index (κ3) is 3.97. The molecule has 0 aromatic heterocycles. The van der Waals surface area contributed by atoms with Crippen molar-refractivity contribution < 1.29 is 9.90 Å². The first-order chi connectivity index (χ1) is 5.63. The fourth-order valence-corrected chi connectivity index (χ4v) is 1.40. The summed E-state index contributed by atoms with van der Waals surface area (Å²) in [4.78, 5) is 11.3. The van der Waals surface area contributed by atoms with Crippen molar-refractivity contribution in [3.63, 3.8) is 0 Å². The summed E-state index contributed by atoms with van der Waals surface area (Å²) < 4.78 is 0. The molecule has 0 saturated carbocycles. The molecule has 0 spiro atoms. The fraction of sp³-hybridized carbons (Fsp3) is 0.875. The molecule has 2 unspecified atom stereocenters. The Bertz CT molecular complexity index is 139. The average molecular weight is 191 g/mol. The number of amides is 1. The minimum atomic E-state index is -0.0557. The Hall–Kier alpha value is -0.220. The van der Waals surface area contributed by atoms with E-state index >= 15 is 0 Å². The van der Waals surface area contributed by atoms with Gasteiger partial charge in [-0.05, 0) is 6.42 Å². The van der Waals surface area contributed by atoms with Crippen molar-refractivity contribution in [2.75, 3.05) is 13.2 Å². The SMILES string of the molecule is CCC(C(=O)NCCO)C(C)S. The van der Waals surface area contributed by atoms with Crippen molar-refractivity contribution in [1.29, 1.82) is 0 Å². The highest BCUT2D eigenvalue weighted by molar-refractivity contribution is 7.81. The van der Waals surface area contributed by atoms with E-state index in [0.717, 1.165) is 6.42 Å². The summed E-state index contributed by atoms with van der Waals surface area (Å²) >= 11 is 4.21. The normalized spacial score (nSPS) is 15.3. The van der Waals surface area contributed by atoms with Gasteiger partial charge in [-0.25, -0.2) is 0 Å². The van der Waals surface area contributed by atoms with Gasteiger partial charge in [0.2, 0.25) is 5.91 Å². The monoisotopic (exact) mass is 191 g/mol. The molecule has 72 valence electrons. The second kappa shape index (κ2) is 6.31. The number of thiol groups is 1. The van der Waals surface area contributed by atoms with Crippen LogP contribution in [0.4, 0.5) is 0 Å². The van der Waals surface area contributed by atoms with E-state index < -0.39 is 0 Å². The summed E-state index contributed by atoms with van der Waals surface area (Å²) in [6, 6.07) is 0. The Labute approximate surface area is 79.0 Å². The standard InChI is InChI=1S/C8H17NO2S/c1-3-7(6(2)12)8(11)9-4-5-10/h6-7,10,12H,3-5H2,1-2H3,(H,9,11). The first-order valence-electron chi connectivity index (χ1n) is 4.20. The molecule has 2 atom stereocenters. The Morgan fingerprint density at radius 3 is 2.58 bits per heavy atom. The van der Waals surface area contributed by atoms with E-state index in [-0.39, 0.29) is 23.7 Å². The molecule has 4 heteroatoms. The van der Waals surface area contributed by atoms with Crippen molar-refractivity contribution in [3.05, 3.63) is 0 Å². The number of aliphatic hydroxyl groups excluding tert-OH is 1. The number of hydrogen-bond acceptors (Lipinski definition) is 3. The van der Waals surface area contributed by atoms with Crippen LogP contribution in [-0.2, 0) is 4.79 Å². The molecule has 0 fully saturated rings. The molecule has 0 heterocycles. The quantitative estimate of drug-likeness (QED) is 0.552. The van der Waals surface area contributed by atoms with Crippen LogP contribution in [0.5, 0.6) is 0 Å². The highest BCUT2D eigenvalue weighted by Crippen LogP contribution is 2.13. The molecule has 1 amide bonds. The molecule has 0 aliphatic carbocycles. The largest absolute Gasteiger partial charge is 0.395 e. The van der Waals surface area contributed by atoms with Crippen LogP contribution < -0.4 is 5.32 Å². The van der Waals surface area contributed by atoms with Gasteiger partial charge in [0.25, 0.3) is 0 Å². The fourth-order valence-electron chi connectivity index (χ4n) is 1.06. The van der Waals surface area contributed by atoms with Crippen molar-refractivity contribution >= 4 is 18.5 Å². The average Bonchev–Trinajstić information content (AvgIpc) is 2.01. The minimum Gasteiger partial charge on any atom is -0.395 e. The lowest BCUT2D eigenvalue weighted by Gasteiger charge is -2.17. The lowest BCUT2D eigenvalue weighted by Crippen LogP contribution is -2.35. The molecule has 3 nitrogen and oxygen atoms in total. The zero-order chi connectivity index (χ0) is 9.56. The van der Waals surface area contributed by atoms with E-state index in [9.17, 15) is 4.79 Å². The van der Waals surface area contributed by atoms with Gasteiger partial charge in [-0.3, -0.25) is 4.79 Å². The van der Waals surface area contributed by atoms with E-state index in [2.05, 4.69) is 17.9 Å². The number of rotatable bonds is 5. The number of carbonyl (C=O) groups excluding carboxylic acids is 1. The van der Waals surface area contributed by atoms with Crippen LogP contribution in [0.25, 0.3) is 0 Å². The van der Waals surface area contributed by atoms with Gasteiger partial charge in [-0.1, -0.05) is 13.8 Å². The highest BCUT2D eigenvalue weighted by Gasteiger charge is 2.19. The summed E-state index contributed by atoms with van der Waals surface area (Å²) in [5.74, 6) is -0.0751. The van der Waals surface area contributed by atoms with Crippen molar-refractivity contribution in [1.82, 2.24) is 5.32 Å². The molecular weight excluding hydrogens is 174 g/mol. The third-order valence-corrected chi connectivity index (χ3v) is 2.13. The number of nitrogens with one attached hydrogen (secondary N) is 1. The zero-order valence-corrected chi connectivity index (χ0v) is 8.47.